The van der Waals surface area contributed by atoms with Crippen LogP contribution in [0.4, 0.5) is 0 Å². The van der Waals surface area contributed by atoms with Gasteiger partial charge in [0.1, 0.15) is 12.1 Å². The van der Waals surface area contributed by atoms with Gasteiger partial charge in [-0.1, -0.05) is 52.4 Å². The largest absolute Gasteiger partial charge is 0.192 e. The van der Waals surface area contributed by atoms with Crippen molar-refractivity contribution < 1.29 is 0 Å². The Labute approximate surface area is 154 Å². The number of nitrogens with zero attached hydrogens (tertiary/aromatic N) is 2. The fraction of sp³-hybridized carbons (Fsp3) is 0.182. The van der Waals surface area contributed by atoms with Crippen molar-refractivity contribution in [1.82, 2.24) is 0 Å². The highest BCUT2D eigenvalue weighted by molar-refractivity contribution is 9.09. The molecule has 1 unspecified atom stereocenters. The lowest BCUT2D eigenvalue weighted by atomic mass is 9.82. The molecule has 0 heterocycles. The van der Waals surface area contributed by atoms with Gasteiger partial charge in [-0.2, -0.15) is 10.5 Å². The Kier molecular flexibility index (Phi) is 3.05. The van der Waals surface area contributed by atoms with E-state index in [-0.39, 0.29) is 4.83 Å². The highest BCUT2D eigenvalue weighted by Crippen LogP contribution is 2.55. The van der Waals surface area contributed by atoms with E-state index in [1.54, 1.807) is 0 Å². The minimum absolute atomic E-state index is 0.283. The van der Waals surface area contributed by atoms with Crippen LogP contribution in [0.15, 0.2) is 30.4 Å². The molecule has 5 rings (SSSR count). The lowest BCUT2D eigenvalue weighted by molar-refractivity contribution is 0.967. The van der Waals surface area contributed by atoms with E-state index in [0.717, 1.165) is 63.8 Å². The molecule has 0 aromatic heterocycles. The van der Waals surface area contributed by atoms with E-state index in [1.165, 1.54) is 11.1 Å². The zero-order valence-electron chi connectivity index (χ0n) is 13.4. The molecule has 0 aliphatic heterocycles. The number of hydrogen-bond acceptors (Lipinski definition) is 2. The summed E-state index contributed by atoms with van der Waals surface area (Å²) in [7, 11) is 0. The average molecular weight is 385 g/mol. The zero-order chi connectivity index (χ0) is 17.1. The number of halogens is 1. The van der Waals surface area contributed by atoms with Crippen molar-refractivity contribution in [2.45, 2.75) is 24.1 Å². The smallest absolute Gasteiger partial charge is 0.100 e. The van der Waals surface area contributed by atoms with Crippen LogP contribution in [0.1, 0.15) is 56.6 Å². The Hall–Kier alpha value is -2.62. The summed E-state index contributed by atoms with van der Waals surface area (Å²) in [6, 6.07) is 11.2. The molecule has 25 heavy (non-hydrogen) atoms. The molecule has 1 atom stereocenters. The maximum Gasteiger partial charge on any atom is 0.100 e. The first-order chi connectivity index (χ1) is 12.3. The van der Waals surface area contributed by atoms with Crippen LogP contribution in [0.5, 0.6) is 0 Å². The predicted molar refractivity (Wildman–Crippen MR) is 102 cm³/mol. The van der Waals surface area contributed by atoms with Crippen LogP contribution in [-0.4, -0.2) is 0 Å². The molecule has 2 aromatic carbocycles. The maximum absolute atomic E-state index is 9.96. The SMILES string of the molecule is N#Cc1c2c(c(C#N)c3c1C1=CCC(Br)c4cccc-3c41)C=CCC2. The molecule has 0 saturated carbocycles. The molecule has 0 radical (unpaired) electrons. The van der Waals surface area contributed by atoms with E-state index in [0.29, 0.717) is 0 Å². The minimum Gasteiger partial charge on any atom is -0.192 e. The third-order valence-corrected chi connectivity index (χ3v) is 6.35. The summed E-state index contributed by atoms with van der Waals surface area (Å²) in [5.41, 5.74) is 10.1. The molecule has 0 N–H and O–H groups in total. The molecular weight excluding hydrogens is 372 g/mol. The topological polar surface area (TPSA) is 47.6 Å². The molecule has 3 aliphatic carbocycles. The standard InChI is InChI=1S/C22H13BrN2/c23-19-9-8-16-20-14(19)6-3-7-15(20)21-17(10-24)12-4-1-2-5-13(12)18(11-25)22(16)21/h1,3-4,6-8,19H,2,5,9H2. The van der Waals surface area contributed by atoms with Crippen LogP contribution >= 0.6 is 15.9 Å². The van der Waals surface area contributed by atoms with Gasteiger partial charge in [0, 0.05) is 16.0 Å². The monoisotopic (exact) mass is 384 g/mol. The van der Waals surface area contributed by atoms with Crippen molar-refractivity contribution in [2.75, 3.05) is 0 Å². The van der Waals surface area contributed by atoms with Gasteiger partial charge >= 0.3 is 0 Å². The molecule has 2 aromatic rings. The van der Waals surface area contributed by atoms with E-state index < -0.39 is 0 Å². The summed E-state index contributed by atoms with van der Waals surface area (Å²) in [5.74, 6) is 0. The number of allylic oxidation sites excluding steroid dienone is 2. The Bertz CT molecular complexity index is 1110. The summed E-state index contributed by atoms with van der Waals surface area (Å²) >= 11 is 3.77. The van der Waals surface area contributed by atoms with E-state index in [4.69, 9.17) is 0 Å². The Balaban J connectivity index is 2.00. The van der Waals surface area contributed by atoms with Gasteiger partial charge in [0.25, 0.3) is 0 Å². The van der Waals surface area contributed by atoms with Crippen molar-refractivity contribution in [3.05, 3.63) is 69.3 Å². The van der Waals surface area contributed by atoms with Gasteiger partial charge in [0.2, 0.25) is 0 Å². The number of alkyl halides is 1. The second-order valence-corrected chi connectivity index (χ2v) is 7.75. The molecule has 0 spiro atoms. The average Bonchev–Trinajstić information content (AvgIpc) is 2.98. The second kappa shape index (κ2) is 5.19. The zero-order valence-corrected chi connectivity index (χ0v) is 15.0. The van der Waals surface area contributed by atoms with E-state index in [9.17, 15) is 10.5 Å². The van der Waals surface area contributed by atoms with Crippen LogP contribution in [0, 0.1) is 22.7 Å². The van der Waals surface area contributed by atoms with Gasteiger partial charge in [-0.25, -0.2) is 0 Å². The summed E-state index contributed by atoms with van der Waals surface area (Å²) < 4.78 is 0. The van der Waals surface area contributed by atoms with Crippen LogP contribution in [0.3, 0.4) is 0 Å². The first-order valence-corrected chi connectivity index (χ1v) is 9.35. The minimum atomic E-state index is 0.283. The number of benzene rings is 2. The van der Waals surface area contributed by atoms with Crippen LogP contribution in [0.2, 0.25) is 0 Å². The lowest BCUT2D eigenvalue weighted by Crippen LogP contribution is -2.06. The van der Waals surface area contributed by atoms with Crippen LogP contribution in [-0.2, 0) is 6.42 Å². The summed E-state index contributed by atoms with van der Waals surface area (Å²) in [5, 5.41) is 19.9. The van der Waals surface area contributed by atoms with E-state index >= 15 is 0 Å². The molecule has 3 aliphatic rings. The highest BCUT2D eigenvalue weighted by Gasteiger charge is 2.36. The van der Waals surface area contributed by atoms with Crippen LogP contribution in [0.25, 0.3) is 22.8 Å². The number of nitriles is 2. The second-order valence-electron chi connectivity index (χ2n) is 6.65. The van der Waals surface area contributed by atoms with Gasteiger partial charge in [-0.15, -0.1) is 0 Å². The molecule has 3 heteroatoms. The molecule has 0 bridgehead atoms. The molecule has 0 fully saturated rings. The van der Waals surface area contributed by atoms with Gasteiger partial charge in [-0.05, 0) is 52.7 Å². The third-order valence-electron chi connectivity index (χ3n) is 5.49. The molecule has 2 nitrogen and oxygen atoms in total. The first kappa shape index (κ1) is 14.7. The van der Waals surface area contributed by atoms with Crippen molar-refractivity contribution >= 4 is 27.6 Å². The predicted octanol–water partition coefficient (Wildman–Crippen LogP) is 5.64. The van der Waals surface area contributed by atoms with Crippen LogP contribution < -0.4 is 0 Å². The maximum atomic E-state index is 9.96. The van der Waals surface area contributed by atoms with Gasteiger partial charge in [0.05, 0.1) is 11.1 Å². The molecule has 0 amide bonds. The van der Waals surface area contributed by atoms with Gasteiger partial charge < -0.3 is 0 Å². The Morgan fingerprint density at radius 2 is 1.88 bits per heavy atom. The first-order valence-electron chi connectivity index (χ1n) is 8.44. The Morgan fingerprint density at radius 1 is 1.04 bits per heavy atom. The van der Waals surface area contributed by atoms with Gasteiger partial charge in [0.15, 0.2) is 0 Å². The van der Waals surface area contributed by atoms with Crippen molar-refractivity contribution in [1.29, 1.82) is 10.5 Å². The summed E-state index contributed by atoms with van der Waals surface area (Å²) in [6.07, 6.45) is 9.00. The lowest BCUT2D eigenvalue weighted by Gasteiger charge is -2.21. The number of fused-ring (bicyclic) bond motifs is 4. The molecular formula is C22H13BrN2. The normalized spacial score (nSPS) is 18.5. The summed E-state index contributed by atoms with van der Waals surface area (Å²) in [4.78, 5) is 0.283. The Morgan fingerprint density at radius 3 is 2.68 bits per heavy atom. The fourth-order valence-corrected chi connectivity index (χ4v) is 5.06. The highest BCUT2D eigenvalue weighted by atomic mass is 79.9. The fourth-order valence-electron chi connectivity index (χ4n) is 4.49. The van der Waals surface area contributed by atoms with Crippen molar-refractivity contribution in [3.63, 3.8) is 0 Å². The van der Waals surface area contributed by atoms with E-state index in [2.05, 4.69) is 58.4 Å². The van der Waals surface area contributed by atoms with E-state index in [1.807, 2.05) is 6.08 Å². The molecule has 0 saturated heterocycles. The van der Waals surface area contributed by atoms with Crippen molar-refractivity contribution in [2.24, 2.45) is 0 Å². The number of rotatable bonds is 0. The summed E-state index contributed by atoms with van der Waals surface area (Å²) in [6.45, 7) is 0. The molecule has 118 valence electrons. The third kappa shape index (κ3) is 1.77. The quantitative estimate of drug-likeness (QED) is 0.470. The van der Waals surface area contributed by atoms with Crippen molar-refractivity contribution in [3.8, 4) is 23.3 Å². The number of hydrogen-bond donors (Lipinski definition) is 0. The van der Waals surface area contributed by atoms with Gasteiger partial charge in [-0.3, -0.25) is 0 Å².